The Morgan fingerprint density at radius 2 is 1.32 bits per heavy atom. The SMILES string of the molecule is C=C[C@@]1(C(=O)OCc2ccccc2)N(C(=O)OCc2ccccc2)C(=O)[C@H](CCOCc2ccccc2)[C@]1(C)O. The number of imide groups is 1. The first-order valence-electron chi connectivity index (χ1n) is 13.0. The van der Waals surface area contributed by atoms with Crippen molar-refractivity contribution in [2.75, 3.05) is 6.61 Å². The monoisotopic (exact) mass is 543 g/mol. The molecule has 1 aliphatic heterocycles. The lowest BCUT2D eigenvalue weighted by Crippen LogP contribution is -2.64. The number of aliphatic hydroxyl groups is 1. The third-order valence-electron chi connectivity index (χ3n) is 7.19. The highest BCUT2D eigenvalue weighted by Gasteiger charge is 2.71. The number of benzene rings is 3. The van der Waals surface area contributed by atoms with Gasteiger partial charge in [-0.1, -0.05) is 97.1 Å². The summed E-state index contributed by atoms with van der Waals surface area (Å²) in [6.07, 6.45) is 0.0496. The zero-order valence-corrected chi connectivity index (χ0v) is 22.4. The second-order valence-electron chi connectivity index (χ2n) is 9.77. The van der Waals surface area contributed by atoms with E-state index in [0.29, 0.717) is 22.6 Å². The highest BCUT2D eigenvalue weighted by atomic mass is 16.6. The van der Waals surface area contributed by atoms with Gasteiger partial charge in [-0.25, -0.2) is 14.5 Å². The maximum Gasteiger partial charge on any atom is 0.418 e. The maximum atomic E-state index is 13.7. The van der Waals surface area contributed by atoms with Gasteiger partial charge >= 0.3 is 12.1 Å². The van der Waals surface area contributed by atoms with Crippen molar-refractivity contribution in [2.45, 2.75) is 44.3 Å². The number of carbonyl (C=O) groups excluding carboxylic acids is 3. The number of hydrogen-bond donors (Lipinski definition) is 1. The molecule has 40 heavy (non-hydrogen) atoms. The fraction of sp³-hybridized carbons (Fsp3) is 0.281. The molecule has 8 nitrogen and oxygen atoms in total. The summed E-state index contributed by atoms with van der Waals surface area (Å²) in [6.45, 7) is 5.22. The standard InChI is InChI=1S/C32H33NO7/c1-3-32(29(35)39-22-25-15-9-5-10-16-25)31(2,37)27(19-20-38-21-24-13-7-4-8-14-24)28(34)33(32)30(36)40-23-26-17-11-6-12-18-26/h3-18,27,37H,1,19-23H2,2H3/t27-,31-,32-/m0/s1. The molecular formula is C32H33NO7. The third kappa shape index (κ3) is 5.83. The summed E-state index contributed by atoms with van der Waals surface area (Å²) in [6, 6.07) is 27.4. The molecule has 0 aromatic heterocycles. The molecule has 0 bridgehead atoms. The van der Waals surface area contributed by atoms with Crippen LogP contribution in [0, 0.1) is 5.92 Å². The molecule has 2 amide bonds. The van der Waals surface area contributed by atoms with Crippen molar-refractivity contribution < 1.29 is 33.7 Å². The minimum absolute atomic E-state index is 0.0443. The van der Waals surface area contributed by atoms with Crippen LogP contribution in [0.2, 0.25) is 0 Å². The second-order valence-corrected chi connectivity index (χ2v) is 9.77. The topological polar surface area (TPSA) is 102 Å². The Kier molecular flexibility index (Phi) is 9.14. The average molecular weight is 544 g/mol. The minimum Gasteiger partial charge on any atom is -0.459 e. The molecular weight excluding hydrogens is 510 g/mol. The van der Waals surface area contributed by atoms with Crippen LogP contribution in [0.1, 0.15) is 30.0 Å². The van der Waals surface area contributed by atoms with Gasteiger partial charge in [-0.2, -0.15) is 0 Å². The third-order valence-corrected chi connectivity index (χ3v) is 7.19. The van der Waals surface area contributed by atoms with Crippen LogP contribution in [0.25, 0.3) is 0 Å². The van der Waals surface area contributed by atoms with Crippen LogP contribution in [-0.4, -0.2) is 45.7 Å². The number of rotatable bonds is 11. The van der Waals surface area contributed by atoms with Gasteiger partial charge in [0.15, 0.2) is 5.54 Å². The number of hydrogen-bond acceptors (Lipinski definition) is 7. The maximum absolute atomic E-state index is 13.7. The first-order valence-corrected chi connectivity index (χ1v) is 13.0. The largest absolute Gasteiger partial charge is 0.459 e. The van der Waals surface area contributed by atoms with Crippen molar-refractivity contribution in [1.82, 2.24) is 4.90 Å². The Bertz CT molecular complexity index is 1310. The highest BCUT2D eigenvalue weighted by Crippen LogP contribution is 2.47. The van der Waals surface area contributed by atoms with Gasteiger partial charge in [-0.15, -0.1) is 6.58 Å². The van der Waals surface area contributed by atoms with E-state index in [1.54, 1.807) is 48.5 Å². The van der Waals surface area contributed by atoms with E-state index in [2.05, 4.69) is 6.58 Å². The highest BCUT2D eigenvalue weighted by molar-refractivity contribution is 6.06. The summed E-state index contributed by atoms with van der Waals surface area (Å²) in [5, 5.41) is 11.8. The van der Waals surface area contributed by atoms with Crippen molar-refractivity contribution in [3.8, 4) is 0 Å². The zero-order valence-electron chi connectivity index (χ0n) is 22.4. The van der Waals surface area contributed by atoms with Crippen LogP contribution < -0.4 is 0 Å². The summed E-state index contributed by atoms with van der Waals surface area (Å²) >= 11 is 0. The van der Waals surface area contributed by atoms with Crippen LogP contribution >= 0.6 is 0 Å². The molecule has 8 heteroatoms. The van der Waals surface area contributed by atoms with E-state index in [1.165, 1.54) is 6.92 Å². The quantitative estimate of drug-likeness (QED) is 0.210. The smallest absolute Gasteiger partial charge is 0.418 e. The molecule has 208 valence electrons. The summed E-state index contributed by atoms with van der Waals surface area (Å²) in [4.78, 5) is 41.5. The van der Waals surface area contributed by atoms with Crippen LogP contribution in [0.5, 0.6) is 0 Å². The number of nitrogens with zero attached hydrogens (tertiary/aromatic N) is 1. The van der Waals surface area contributed by atoms with Crippen LogP contribution in [-0.2, 0) is 43.6 Å². The molecule has 0 unspecified atom stereocenters. The zero-order chi connectivity index (χ0) is 28.6. The lowest BCUT2D eigenvalue weighted by molar-refractivity contribution is -0.166. The van der Waals surface area contributed by atoms with E-state index in [1.807, 2.05) is 42.5 Å². The summed E-state index contributed by atoms with van der Waals surface area (Å²) in [7, 11) is 0. The molecule has 4 rings (SSSR count). The van der Waals surface area contributed by atoms with Gasteiger partial charge in [-0.3, -0.25) is 4.79 Å². The van der Waals surface area contributed by atoms with Gasteiger partial charge in [0.1, 0.15) is 18.8 Å². The van der Waals surface area contributed by atoms with Gasteiger partial charge in [0.25, 0.3) is 0 Å². The summed E-state index contributed by atoms with van der Waals surface area (Å²) in [5.41, 5.74) is -1.96. The normalized spacial score (nSPS) is 22.1. The molecule has 1 aliphatic rings. The van der Waals surface area contributed by atoms with Gasteiger partial charge in [0.05, 0.1) is 12.5 Å². The second kappa shape index (κ2) is 12.7. The van der Waals surface area contributed by atoms with Crippen molar-refractivity contribution in [1.29, 1.82) is 0 Å². The Morgan fingerprint density at radius 3 is 1.82 bits per heavy atom. The van der Waals surface area contributed by atoms with Crippen molar-refractivity contribution in [2.24, 2.45) is 5.92 Å². The van der Waals surface area contributed by atoms with Gasteiger partial charge in [0.2, 0.25) is 5.91 Å². The number of esters is 1. The molecule has 1 heterocycles. The van der Waals surface area contributed by atoms with E-state index in [9.17, 15) is 19.5 Å². The first kappa shape index (κ1) is 28.7. The van der Waals surface area contributed by atoms with Crippen LogP contribution in [0.3, 0.4) is 0 Å². The lowest BCUT2D eigenvalue weighted by Gasteiger charge is -2.39. The summed E-state index contributed by atoms with van der Waals surface area (Å²) in [5.74, 6) is -2.94. The predicted octanol–water partition coefficient (Wildman–Crippen LogP) is 4.81. The number of likely N-dealkylation sites (tertiary alicyclic amines) is 1. The predicted molar refractivity (Wildman–Crippen MR) is 147 cm³/mol. The van der Waals surface area contributed by atoms with Gasteiger partial charge < -0.3 is 19.3 Å². The van der Waals surface area contributed by atoms with E-state index < -0.39 is 35.0 Å². The van der Waals surface area contributed by atoms with Crippen molar-refractivity contribution in [3.05, 3.63) is 120 Å². The number of ether oxygens (including phenoxy) is 3. The van der Waals surface area contributed by atoms with E-state index in [-0.39, 0.29) is 26.2 Å². The van der Waals surface area contributed by atoms with Gasteiger partial charge in [0, 0.05) is 6.61 Å². The number of carbonyl (C=O) groups is 3. The fourth-order valence-corrected chi connectivity index (χ4v) is 4.96. The van der Waals surface area contributed by atoms with Crippen molar-refractivity contribution >= 4 is 18.0 Å². The molecule has 0 spiro atoms. The minimum atomic E-state index is -2.23. The Labute approximate surface area is 233 Å². The Balaban J connectivity index is 1.57. The van der Waals surface area contributed by atoms with E-state index in [0.717, 1.165) is 11.6 Å². The fourth-order valence-electron chi connectivity index (χ4n) is 4.96. The molecule has 1 N–H and O–H groups in total. The number of amides is 2. The molecule has 1 saturated heterocycles. The molecule has 0 saturated carbocycles. The Hall–Kier alpha value is -4.27. The summed E-state index contributed by atoms with van der Waals surface area (Å²) < 4.78 is 16.8. The first-order chi connectivity index (χ1) is 19.3. The van der Waals surface area contributed by atoms with Crippen molar-refractivity contribution in [3.63, 3.8) is 0 Å². The molecule has 3 aromatic rings. The molecule has 3 aromatic carbocycles. The van der Waals surface area contributed by atoms with Crippen LogP contribution in [0.15, 0.2) is 104 Å². The van der Waals surface area contributed by atoms with E-state index >= 15 is 0 Å². The molecule has 1 fully saturated rings. The molecule has 3 atom stereocenters. The molecule has 0 radical (unpaired) electrons. The van der Waals surface area contributed by atoms with Gasteiger partial charge in [-0.05, 0) is 30.0 Å². The lowest BCUT2D eigenvalue weighted by atomic mass is 9.75. The Morgan fingerprint density at radius 1 is 0.850 bits per heavy atom. The van der Waals surface area contributed by atoms with Crippen LogP contribution in [0.4, 0.5) is 4.79 Å². The molecule has 0 aliphatic carbocycles. The average Bonchev–Trinajstić information content (AvgIpc) is 3.15. The van der Waals surface area contributed by atoms with E-state index in [4.69, 9.17) is 14.2 Å².